The van der Waals surface area contributed by atoms with E-state index in [-0.39, 0.29) is 5.91 Å². The van der Waals surface area contributed by atoms with E-state index in [9.17, 15) is 9.59 Å². The Bertz CT molecular complexity index is 678. The number of pyridine rings is 1. The third-order valence-electron chi connectivity index (χ3n) is 2.64. The van der Waals surface area contributed by atoms with Gasteiger partial charge in [-0.25, -0.2) is 4.79 Å². The molecule has 0 saturated carbocycles. The standard InChI is InChI=1S/C13H8N3O2/c17-12-9-5-1-2-6-10(9)13(18)16(15-12)11-7-3-4-8-14-11/h1-8H/q+1. The topological polar surface area (TPSA) is 62.4 Å². The van der Waals surface area contributed by atoms with Gasteiger partial charge in [0.15, 0.2) is 0 Å². The van der Waals surface area contributed by atoms with Crippen molar-refractivity contribution in [3.8, 4) is 0 Å². The zero-order chi connectivity index (χ0) is 12.5. The molecule has 0 spiro atoms. The van der Waals surface area contributed by atoms with Crippen molar-refractivity contribution in [1.29, 1.82) is 0 Å². The second-order valence-corrected chi connectivity index (χ2v) is 3.76. The fourth-order valence-corrected chi connectivity index (χ4v) is 1.79. The first-order valence-electron chi connectivity index (χ1n) is 5.38. The van der Waals surface area contributed by atoms with E-state index in [0.717, 1.165) is 4.70 Å². The highest BCUT2D eigenvalue weighted by atomic mass is 16.2. The molecular formula is C13H8N3O2+. The quantitative estimate of drug-likeness (QED) is 0.715. The molecule has 86 valence electrons. The number of amides is 2. The van der Waals surface area contributed by atoms with Crippen LogP contribution in [0.2, 0.25) is 0 Å². The Balaban J connectivity index is 2.16. The van der Waals surface area contributed by atoms with Crippen LogP contribution in [-0.4, -0.2) is 21.5 Å². The number of rotatable bonds is 1. The Hall–Kier alpha value is -2.69. The second-order valence-electron chi connectivity index (χ2n) is 3.76. The fourth-order valence-electron chi connectivity index (χ4n) is 1.79. The molecule has 1 aliphatic rings. The number of hydrogen-bond acceptors (Lipinski definition) is 3. The van der Waals surface area contributed by atoms with Crippen LogP contribution >= 0.6 is 0 Å². The van der Waals surface area contributed by atoms with Crippen LogP contribution in [0, 0.1) is 0 Å². The summed E-state index contributed by atoms with van der Waals surface area (Å²) in [5.41, 5.74) is 0.679. The normalized spacial score (nSPS) is 14.1. The molecule has 0 aliphatic carbocycles. The smallest absolute Gasteiger partial charge is 0.263 e. The van der Waals surface area contributed by atoms with E-state index in [1.54, 1.807) is 48.7 Å². The van der Waals surface area contributed by atoms with Gasteiger partial charge in [0.1, 0.15) is 6.20 Å². The summed E-state index contributed by atoms with van der Waals surface area (Å²) < 4.78 is 1.03. The molecule has 1 aliphatic heterocycles. The predicted octanol–water partition coefficient (Wildman–Crippen LogP) is 2.17. The molecule has 5 heteroatoms. The molecule has 0 N–H and O–H groups in total. The summed E-state index contributed by atoms with van der Waals surface area (Å²) in [5.74, 6) is -0.440. The van der Waals surface area contributed by atoms with Crippen LogP contribution in [-0.2, 0) is 0 Å². The van der Waals surface area contributed by atoms with E-state index in [2.05, 4.69) is 10.1 Å². The molecule has 0 unspecified atom stereocenters. The highest BCUT2D eigenvalue weighted by Gasteiger charge is 2.32. The summed E-state index contributed by atoms with van der Waals surface area (Å²) in [4.78, 5) is 28.0. The fraction of sp³-hybridized carbons (Fsp3) is 0. The molecule has 2 heterocycles. The first kappa shape index (κ1) is 10.5. The van der Waals surface area contributed by atoms with E-state index < -0.39 is 5.91 Å². The van der Waals surface area contributed by atoms with Gasteiger partial charge in [-0.15, -0.1) is 0 Å². The SMILES string of the molecule is O=C1N=[N+](c2ccccn2)C(=O)c2ccccc21. The van der Waals surface area contributed by atoms with Gasteiger partial charge >= 0.3 is 17.6 Å². The van der Waals surface area contributed by atoms with Gasteiger partial charge in [0, 0.05) is 6.07 Å². The van der Waals surface area contributed by atoms with Crippen LogP contribution in [0.25, 0.3) is 0 Å². The van der Waals surface area contributed by atoms with Crippen molar-refractivity contribution in [3.63, 3.8) is 0 Å². The zero-order valence-electron chi connectivity index (χ0n) is 9.28. The monoisotopic (exact) mass is 238 g/mol. The zero-order valence-corrected chi connectivity index (χ0v) is 9.28. The van der Waals surface area contributed by atoms with E-state index in [1.165, 1.54) is 0 Å². The second kappa shape index (κ2) is 3.96. The summed E-state index contributed by atoms with van der Waals surface area (Å²) in [6.07, 6.45) is 1.54. The van der Waals surface area contributed by atoms with Crippen LogP contribution in [0.1, 0.15) is 20.7 Å². The number of aromatic nitrogens is 1. The van der Waals surface area contributed by atoms with E-state index in [4.69, 9.17) is 0 Å². The minimum absolute atomic E-state index is 0.328. The van der Waals surface area contributed by atoms with E-state index in [1.807, 2.05) is 0 Å². The summed E-state index contributed by atoms with van der Waals surface area (Å²) in [6.45, 7) is 0. The van der Waals surface area contributed by atoms with Gasteiger partial charge in [-0.2, -0.15) is 0 Å². The molecular weight excluding hydrogens is 230 g/mol. The Morgan fingerprint density at radius 2 is 1.61 bits per heavy atom. The van der Waals surface area contributed by atoms with Crippen molar-refractivity contribution < 1.29 is 14.3 Å². The van der Waals surface area contributed by atoms with Crippen LogP contribution in [0.15, 0.2) is 53.8 Å². The molecule has 0 bridgehead atoms. The number of carbonyl (C=O) groups excluding carboxylic acids is 2. The van der Waals surface area contributed by atoms with Gasteiger partial charge in [0.2, 0.25) is 0 Å². The molecule has 0 fully saturated rings. The van der Waals surface area contributed by atoms with Crippen molar-refractivity contribution in [2.75, 3.05) is 0 Å². The molecule has 1 aromatic heterocycles. The predicted molar refractivity (Wildman–Crippen MR) is 61.7 cm³/mol. The van der Waals surface area contributed by atoms with Gasteiger partial charge in [-0.05, 0) is 28.3 Å². The highest BCUT2D eigenvalue weighted by Crippen LogP contribution is 2.21. The first-order chi connectivity index (χ1) is 8.77. The lowest BCUT2D eigenvalue weighted by Crippen LogP contribution is -2.24. The van der Waals surface area contributed by atoms with Gasteiger partial charge in [0.25, 0.3) is 0 Å². The van der Waals surface area contributed by atoms with E-state index in [0.29, 0.717) is 16.9 Å². The molecule has 0 atom stereocenters. The number of carbonyl (C=O) groups is 2. The molecule has 1 aromatic carbocycles. The molecule has 2 amide bonds. The molecule has 0 saturated heterocycles. The van der Waals surface area contributed by atoms with Gasteiger partial charge in [0.05, 0.1) is 11.1 Å². The number of fused-ring (bicyclic) bond motifs is 1. The minimum Gasteiger partial charge on any atom is -0.263 e. The molecule has 18 heavy (non-hydrogen) atoms. The molecule has 2 aromatic rings. The van der Waals surface area contributed by atoms with Crippen LogP contribution in [0.3, 0.4) is 0 Å². The van der Waals surface area contributed by atoms with Crippen molar-refractivity contribution in [2.24, 2.45) is 5.11 Å². The average Bonchev–Trinajstić information content (AvgIpc) is 2.44. The third kappa shape index (κ3) is 1.53. The van der Waals surface area contributed by atoms with Crippen LogP contribution < -0.4 is 0 Å². The lowest BCUT2D eigenvalue weighted by Gasteiger charge is -2.08. The number of benzene rings is 1. The number of nitrogens with zero attached hydrogens (tertiary/aromatic N) is 3. The average molecular weight is 238 g/mol. The molecule has 3 rings (SSSR count). The maximum atomic E-state index is 12.2. The maximum absolute atomic E-state index is 12.2. The summed E-state index contributed by atoms with van der Waals surface area (Å²) in [5, 5.41) is 3.76. The lowest BCUT2D eigenvalue weighted by molar-refractivity contribution is -0.411. The summed E-state index contributed by atoms with van der Waals surface area (Å²) in [7, 11) is 0. The minimum atomic E-state index is -0.434. The number of azo groups is 2. The van der Waals surface area contributed by atoms with Crippen molar-refractivity contribution >= 4 is 17.6 Å². The third-order valence-corrected chi connectivity index (χ3v) is 2.64. The summed E-state index contributed by atoms with van der Waals surface area (Å²) >= 11 is 0. The Morgan fingerprint density at radius 1 is 0.889 bits per heavy atom. The largest absolute Gasteiger partial charge is 0.367 e. The highest BCUT2D eigenvalue weighted by molar-refractivity contribution is 6.07. The van der Waals surface area contributed by atoms with E-state index >= 15 is 0 Å². The van der Waals surface area contributed by atoms with Crippen molar-refractivity contribution in [3.05, 3.63) is 59.8 Å². The Kier molecular flexibility index (Phi) is 2.30. The van der Waals surface area contributed by atoms with Crippen LogP contribution in [0.5, 0.6) is 0 Å². The molecule has 0 radical (unpaired) electrons. The first-order valence-corrected chi connectivity index (χ1v) is 5.38. The van der Waals surface area contributed by atoms with Gasteiger partial charge < -0.3 is 0 Å². The van der Waals surface area contributed by atoms with Crippen molar-refractivity contribution in [1.82, 2.24) is 4.98 Å². The Labute approximate surface area is 102 Å². The maximum Gasteiger partial charge on any atom is 0.367 e. The van der Waals surface area contributed by atoms with Crippen LogP contribution in [0.4, 0.5) is 5.82 Å². The summed E-state index contributed by atoms with van der Waals surface area (Å²) in [6, 6.07) is 11.7. The number of hydrogen-bond donors (Lipinski definition) is 0. The van der Waals surface area contributed by atoms with Gasteiger partial charge in [-0.3, -0.25) is 4.79 Å². The molecule has 5 nitrogen and oxygen atoms in total. The van der Waals surface area contributed by atoms with Gasteiger partial charge in [-0.1, -0.05) is 22.9 Å². The van der Waals surface area contributed by atoms with Crippen molar-refractivity contribution in [2.45, 2.75) is 0 Å². The lowest BCUT2D eigenvalue weighted by atomic mass is 10.1. The Morgan fingerprint density at radius 3 is 2.33 bits per heavy atom.